The summed E-state index contributed by atoms with van der Waals surface area (Å²) in [4.78, 5) is 39.7. The molecule has 1 aliphatic carbocycles. The summed E-state index contributed by atoms with van der Waals surface area (Å²) in [5.41, 5.74) is 0. The Bertz CT molecular complexity index is 421. The number of carbonyl (C=O) groups excluding carboxylic acids is 2. The summed E-state index contributed by atoms with van der Waals surface area (Å²) in [6.07, 6.45) is 3.09. The summed E-state index contributed by atoms with van der Waals surface area (Å²) in [5, 5.41) is 0. The molecule has 2 N–H and O–H groups in total. The highest BCUT2D eigenvalue weighted by Gasteiger charge is 2.29. The Morgan fingerprint density at radius 3 is 2.33 bits per heavy atom. The molecule has 1 rings (SSSR count). The molecule has 0 radical (unpaired) electrons. The van der Waals surface area contributed by atoms with Crippen molar-refractivity contribution in [1.29, 1.82) is 0 Å². The summed E-state index contributed by atoms with van der Waals surface area (Å²) in [5.74, 6) is -1.20. The Hall–Kier alpha value is -1.21. The third-order valence-corrected chi connectivity index (χ3v) is 3.56. The fraction of sp³-hybridized carbons (Fsp3) is 0.667. The second-order valence-corrected chi connectivity index (χ2v) is 5.85. The van der Waals surface area contributed by atoms with Gasteiger partial charge >= 0.3 is 19.8 Å². The fourth-order valence-corrected chi connectivity index (χ4v) is 2.36. The van der Waals surface area contributed by atoms with Gasteiger partial charge in [-0.05, 0) is 25.7 Å². The van der Waals surface area contributed by atoms with Crippen molar-refractivity contribution in [2.75, 3.05) is 13.2 Å². The lowest BCUT2D eigenvalue weighted by atomic mass is 9.87. The van der Waals surface area contributed by atoms with Crippen LogP contribution in [0.15, 0.2) is 12.7 Å². The Labute approximate surface area is 122 Å². The van der Waals surface area contributed by atoms with Crippen LogP contribution in [0.2, 0.25) is 0 Å². The number of phosphoric acid groups is 1. The van der Waals surface area contributed by atoms with E-state index in [0.717, 1.165) is 6.08 Å². The number of ether oxygens (including phenoxy) is 2. The Kier molecular flexibility index (Phi) is 7.04. The van der Waals surface area contributed by atoms with Crippen molar-refractivity contribution in [1.82, 2.24) is 0 Å². The highest BCUT2D eigenvalue weighted by molar-refractivity contribution is 7.46. The van der Waals surface area contributed by atoms with Gasteiger partial charge in [-0.25, -0.2) is 9.36 Å². The molecule has 9 heteroatoms. The first kappa shape index (κ1) is 17.8. The minimum absolute atomic E-state index is 0.211. The zero-order valence-corrected chi connectivity index (χ0v) is 12.4. The molecule has 0 atom stereocenters. The predicted octanol–water partition coefficient (Wildman–Crippen LogP) is 0.927. The highest BCUT2D eigenvalue weighted by atomic mass is 31.2. The van der Waals surface area contributed by atoms with Crippen LogP contribution in [0.25, 0.3) is 0 Å². The molecular weight excluding hydrogens is 303 g/mol. The molecule has 1 saturated carbocycles. The van der Waals surface area contributed by atoms with Crippen molar-refractivity contribution in [3.8, 4) is 0 Å². The van der Waals surface area contributed by atoms with Crippen molar-refractivity contribution in [2.45, 2.75) is 31.8 Å². The van der Waals surface area contributed by atoms with Gasteiger partial charge in [0.15, 0.2) is 0 Å². The van der Waals surface area contributed by atoms with Gasteiger partial charge in [0, 0.05) is 6.08 Å². The van der Waals surface area contributed by atoms with E-state index in [0.29, 0.717) is 25.7 Å². The summed E-state index contributed by atoms with van der Waals surface area (Å²) in [7, 11) is -4.53. The molecule has 0 bridgehead atoms. The monoisotopic (exact) mass is 322 g/mol. The summed E-state index contributed by atoms with van der Waals surface area (Å²) >= 11 is 0. The Morgan fingerprint density at radius 1 is 1.19 bits per heavy atom. The lowest BCUT2D eigenvalue weighted by Gasteiger charge is -2.26. The third kappa shape index (κ3) is 7.38. The van der Waals surface area contributed by atoms with E-state index in [1.165, 1.54) is 0 Å². The quantitative estimate of drug-likeness (QED) is 0.307. The van der Waals surface area contributed by atoms with Gasteiger partial charge < -0.3 is 19.3 Å². The van der Waals surface area contributed by atoms with Crippen molar-refractivity contribution in [2.24, 2.45) is 5.92 Å². The van der Waals surface area contributed by atoms with E-state index in [9.17, 15) is 14.2 Å². The molecular formula is C12H19O8P. The zero-order valence-electron chi connectivity index (χ0n) is 11.5. The van der Waals surface area contributed by atoms with E-state index in [1.807, 2.05) is 0 Å². The second kappa shape index (κ2) is 8.29. The third-order valence-electron chi connectivity index (χ3n) is 3.04. The summed E-state index contributed by atoms with van der Waals surface area (Å²) in [6.45, 7) is 2.74. The van der Waals surface area contributed by atoms with Crippen molar-refractivity contribution in [3.05, 3.63) is 12.7 Å². The molecule has 0 aromatic rings. The number of phosphoric ester groups is 1. The standard InChI is InChI=1S/C12H19O8P/c1-2-11(13)20-10-5-3-9(4-6-10)12(14)18-7-8-19-21(15,16)17/h2,9-10H,1,3-8H2,(H2,15,16,17). The fourth-order valence-electron chi connectivity index (χ4n) is 2.05. The SMILES string of the molecule is C=CC(=O)OC1CCC(C(=O)OCCOP(=O)(O)O)CC1. The molecule has 0 amide bonds. The highest BCUT2D eigenvalue weighted by Crippen LogP contribution is 2.35. The van der Waals surface area contributed by atoms with E-state index >= 15 is 0 Å². The topological polar surface area (TPSA) is 119 Å². The molecule has 0 aliphatic heterocycles. The number of hydrogen-bond acceptors (Lipinski definition) is 6. The molecule has 0 heterocycles. The molecule has 0 aromatic carbocycles. The van der Waals surface area contributed by atoms with Crippen LogP contribution < -0.4 is 0 Å². The summed E-state index contributed by atoms with van der Waals surface area (Å²) in [6, 6.07) is 0. The van der Waals surface area contributed by atoms with Gasteiger partial charge in [-0.3, -0.25) is 9.32 Å². The first-order valence-corrected chi connectivity index (χ1v) is 8.04. The maximum absolute atomic E-state index is 11.7. The largest absolute Gasteiger partial charge is 0.469 e. The molecule has 8 nitrogen and oxygen atoms in total. The number of hydrogen-bond donors (Lipinski definition) is 2. The molecule has 1 aliphatic rings. The van der Waals surface area contributed by atoms with Crippen LogP contribution in [0.4, 0.5) is 0 Å². The average Bonchev–Trinajstić information content (AvgIpc) is 2.43. The molecule has 21 heavy (non-hydrogen) atoms. The van der Waals surface area contributed by atoms with Crippen molar-refractivity contribution in [3.63, 3.8) is 0 Å². The molecule has 0 spiro atoms. The second-order valence-electron chi connectivity index (χ2n) is 4.61. The predicted molar refractivity (Wildman–Crippen MR) is 71.0 cm³/mol. The molecule has 120 valence electrons. The maximum atomic E-state index is 11.7. The number of carbonyl (C=O) groups is 2. The Morgan fingerprint density at radius 2 is 1.81 bits per heavy atom. The van der Waals surface area contributed by atoms with E-state index in [2.05, 4.69) is 11.1 Å². The molecule has 0 unspecified atom stereocenters. The minimum atomic E-state index is -4.53. The van der Waals surface area contributed by atoms with Crippen molar-refractivity contribution < 1.29 is 37.9 Å². The summed E-state index contributed by atoms with van der Waals surface area (Å²) < 4.78 is 24.5. The smallest absolute Gasteiger partial charge is 0.463 e. The van der Waals surface area contributed by atoms with Crippen LogP contribution in [-0.2, 0) is 28.2 Å². The molecule has 0 saturated heterocycles. The van der Waals surface area contributed by atoms with Crippen LogP contribution in [-0.4, -0.2) is 41.0 Å². The van der Waals surface area contributed by atoms with Gasteiger partial charge in [0.1, 0.15) is 12.7 Å². The van der Waals surface area contributed by atoms with Gasteiger partial charge in [0.25, 0.3) is 0 Å². The van der Waals surface area contributed by atoms with Crippen LogP contribution in [0.3, 0.4) is 0 Å². The van der Waals surface area contributed by atoms with Gasteiger partial charge in [-0.2, -0.15) is 0 Å². The number of esters is 2. The van der Waals surface area contributed by atoms with Crippen LogP contribution >= 0.6 is 7.82 Å². The van der Waals surface area contributed by atoms with Crippen LogP contribution in [0.5, 0.6) is 0 Å². The van der Waals surface area contributed by atoms with E-state index in [1.54, 1.807) is 0 Å². The average molecular weight is 322 g/mol. The normalized spacial score (nSPS) is 22.4. The van der Waals surface area contributed by atoms with Gasteiger partial charge in [0.2, 0.25) is 0 Å². The molecule has 1 fully saturated rings. The van der Waals surface area contributed by atoms with Gasteiger partial charge in [0.05, 0.1) is 12.5 Å². The van der Waals surface area contributed by atoms with Crippen molar-refractivity contribution >= 4 is 19.8 Å². The first-order chi connectivity index (χ1) is 9.81. The van der Waals surface area contributed by atoms with Crippen LogP contribution in [0.1, 0.15) is 25.7 Å². The van der Waals surface area contributed by atoms with E-state index in [-0.39, 0.29) is 25.2 Å². The first-order valence-electron chi connectivity index (χ1n) is 6.51. The van der Waals surface area contributed by atoms with E-state index < -0.39 is 19.8 Å². The van der Waals surface area contributed by atoms with Gasteiger partial charge in [-0.1, -0.05) is 6.58 Å². The lowest BCUT2D eigenvalue weighted by Crippen LogP contribution is -2.29. The number of rotatable bonds is 7. The minimum Gasteiger partial charge on any atom is -0.463 e. The maximum Gasteiger partial charge on any atom is 0.469 e. The van der Waals surface area contributed by atoms with Gasteiger partial charge in [-0.15, -0.1) is 0 Å². The Balaban J connectivity index is 2.21. The van der Waals surface area contributed by atoms with E-state index in [4.69, 9.17) is 19.3 Å². The molecule has 0 aromatic heterocycles. The lowest BCUT2D eigenvalue weighted by molar-refractivity contribution is -0.153. The zero-order chi connectivity index (χ0) is 15.9. The van der Waals surface area contributed by atoms with Crippen LogP contribution in [0, 0.1) is 5.92 Å².